The predicted molar refractivity (Wildman–Crippen MR) is 73.2 cm³/mol. The van der Waals surface area contributed by atoms with Crippen molar-refractivity contribution in [3.63, 3.8) is 0 Å². The van der Waals surface area contributed by atoms with E-state index in [0.717, 1.165) is 5.56 Å². The fourth-order valence-corrected chi connectivity index (χ4v) is 2.04. The van der Waals surface area contributed by atoms with Gasteiger partial charge in [-0.15, -0.1) is 6.42 Å². The van der Waals surface area contributed by atoms with E-state index in [4.69, 9.17) is 33.2 Å². The molecule has 1 unspecified atom stereocenters. The minimum atomic E-state index is -0.117. The molecule has 0 aliphatic heterocycles. The number of nitrogens with one attached hydrogen (secondary N) is 1. The highest BCUT2D eigenvalue weighted by molar-refractivity contribution is 6.33. The van der Waals surface area contributed by atoms with Crippen LogP contribution < -0.4 is 20.5 Å². The first-order valence-electron chi connectivity index (χ1n) is 5.46. The Morgan fingerprint density at radius 1 is 1.44 bits per heavy atom. The third-order valence-corrected chi connectivity index (χ3v) is 2.97. The average molecular weight is 269 g/mol. The van der Waals surface area contributed by atoms with Crippen molar-refractivity contribution in [3.8, 4) is 23.8 Å². The summed E-state index contributed by atoms with van der Waals surface area (Å²) in [5.41, 5.74) is 6.55. The zero-order chi connectivity index (χ0) is 13.5. The van der Waals surface area contributed by atoms with Crippen LogP contribution in [0.5, 0.6) is 11.5 Å². The molecule has 18 heavy (non-hydrogen) atoms. The summed E-state index contributed by atoms with van der Waals surface area (Å²) in [5, 5.41) is 3.61. The molecule has 0 bridgehead atoms. The van der Waals surface area contributed by atoms with Crippen molar-refractivity contribution in [2.75, 3.05) is 27.3 Å². The molecule has 0 aromatic heterocycles. The van der Waals surface area contributed by atoms with Gasteiger partial charge in [-0.3, -0.25) is 5.32 Å². The summed E-state index contributed by atoms with van der Waals surface area (Å²) in [6.45, 7) is 0.809. The van der Waals surface area contributed by atoms with Crippen LogP contribution in [0.4, 0.5) is 0 Å². The molecular weight excluding hydrogens is 252 g/mol. The van der Waals surface area contributed by atoms with Crippen molar-refractivity contribution in [1.29, 1.82) is 0 Å². The third kappa shape index (κ3) is 3.08. The number of halogens is 1. The van der Waals surface area contributed by atoms with Crippen LogP contribution in [0.1, 0.15) is 11.6 Å². The Bertz CT molecular complexity index is 443. The van der Waals surface area contributed by atoms with E-state index in [2.05, 4.69) is 11.2 Å². The lowest BCUT2D eigenvalue weighted by molar-refractivity contribution is 0.354. The largest absolute Gasteiger partial charge is 0.493 e. The van der Waals surface area contributed by atoms with Gasteiger partial charge < -0.3 is 15.2 Å². The zero-order valence-electron chi connectivity index (χ0n) is 10.5. The molecule has 5 heteroatoms. The standard InChI is InChI=1S/C13H17ClN2O2/c1-4-7-16-10(8-15)9-5-6-11(17-2)13(18-3)12(9)14/h1,5-6,10,16H,7-8,15H2,2-3H3. The molecule has 1 rings (SSSR count). The summed E-state index contributed by atoms with van der Waals surface area (Å²) >= 11 is 6.29. The van der Waals surface area contributed by atoms with E-state index in [1.54, 1.807) is 20.3 Å². The molecule has 0 saturated heterocycles. The van der Waals surface area contributed by atoms with E-state index in [1.165, 1.54) is 0 Å². The zero-order valence-corrected chi connectivity index (χ0v) is 11.3. The Labute approximate surface area is 112 Å². The van der Waals surface area contributed by atoms with Gasteiger partial charge in [0.05, 0.1) is 25.8 Å². The van der Waals surface area contributed by atoms with Crippen molar-refractivity contribution >= 4 is 11.6 Å². The number of hydrogen-bond acceptors (Lipinski definition) is 4. The maximum Gasteiger partial charge on any atom is 0.179 e. The number of benzene rings is 1. The van der Waals surface area contributed by atoms with E-state index in [1.807, 2.05) is 6.07 Å². The first kappa shape index (κ1) is 14.7. The summed E-state index contributed by atoms with van der Waals surface area (Å²) in [6.07, 6.45) is 5.22. The summed E-state index contributed by atoms with van der Waals surface area (Å²) in [7, 11) is 3.10. The number of terminal acetylenes is 1. The summed E-state index contributed by atoms with van der Waals surface area (Å²) in [6, 6.07) is 3.53. The lowest BCUT2D eigenvalue weighted by Crippen LogP contribution is -2.28. The second kappa shape index (κ2) is 7.12. The van der Waals surface area contributed by atoms with Gasteiger partial charge in [0.2, 0.25) is 0 Å². The van der Waals surface area contributed by atoms with Gasteiger partial charge in [-0.1, -0.05) is 23.6 Å². The molecule has 98 valence electrons. The van der Waals surface area contributed by atoms with Crippen molar-refractivity contribution in [2.45, 2.75) is 6.04 Å². The van der Waals surface area contributed by atoms with E-state index in [-0.39, 0.29) is 6.04 Å². The molecule has 3 N–H and O–H groups in total. The number of ether oxygens (including phenoxy) is 2. The van der Waals surface area contributed by atoms with Crippen LogP contribution in [-0.4, -0.2) is 27.3 Å². The van der Waals surface area contributed by atoms with Crippen molar-refractivity contribution in [2.24, 2.45) is 5.73 Å². The fraction of sp³-hybridized carbons (Fsp3) is 0.385. The minimum Gasteiger partial charge on any atom is -0.493 e. The van der Waals surface area contributed by atoms with Gasteiger partial charge in [-0.05, 0) is 11.6 Å². The van der Waals surface area contributed by atoms with Crippen LogP contribution in [0.25, 0.3) is 0 Å². The van der Waals surface area contributed by atoms with Gasteiger partial charge in [-0.2, -0.15) is 0 Å². The Morgan fingerprint density at radius 2 is 2.17 bits per heavy atom. The smallest absolute Gasteiger partial charge is 0.179 e. The molecule has 0 aliphatic rings. The Balaban J connectivity index is 3.12. The lowest BCUT2D eigenvalue weighted by atomic mass is 10.1. The van der Waals surface area contributed by atoms with Crippen LogP contribution in [-0.2, 0) is 0 Å². The molecule has 0 amide bonds. The molecule has 1 atom stereocenters. The van der Waals surface area contributed by atoms with Gasteiger partial charge in [0.25, 0.3) is 0 Å². The highest BCUT2D eigenvalue weighted by atomic mass is 35.5. The molecule has 1 aromatic rings. The quantitative estimate of drug-likeness (QED) is 0.769. The van der Waals surface area contributed by atoms with Crippen molar-refractivity contribution in [3.05, 3.63) is 22.7 Å². The molecular formula is C13H17ClN2O2. The number of hydrogen-bond donors (Lipinski definition) is 2. The molecule has 1 aromatic carbocycles. The Hall–Kier alpha value is -1.41. The van der Waals surface area contributed by atoms with Gasteiger partial charge in [0.15, 0.2) is 11.5 Å². The number of rotatable bonds is 6. The van der Waals surface area contributed by atoms with Crippen LogP contribution in [0.2, 0.25) is 5.02 Å². The maximum absolute atomic E-state index is 6.29. The molecule has 0 fully saturated rings. The third-order valence-electron chi connectivity index (χ3n) is 2.58. The van der Waals surface area contributed by atoms with E-state index < -0.39 is 0 Å². The monoisotopic (exact) mass is 268 g/mol. The summed E-state index contributed by atoms with van der Waals surface area (Å²) < 4.78 is 10.4. The Morgan fingerprint density at radius 3 is 2.67 bits per heavy atom. The fourth-order valence-electron chi connectivity index (χ4n) is 1.68. The second-order valence-corrected chi connectivity index (χ2v) is 3.96. The number of nitrogens with two attached hydrogens (primary N) is 1. The second-order valence-electron chi connectivity index (χ2n) is 3.58. The minimum absolute atomic E-state index is 0.117. The van der Waals surface area contributed by atoms with E-state index >= 15 is 0 Å². The topological polar surface area (TPSA) is 56.5 Å². The molecule has 0 radical (unpaired) electrons. The number of methoxy groups -OCH3 is 2. The average Bonchev–Trinajstić information content (AvgIpc) is 2.40. The molecule has 0 aliphatic carbocycles. The maximum atomic E-state index is 6.29. The highest BCUT2D eigenvalue weighted by Gasteiger charge is 2.18. The summed E-state index contributed by atoms with van der Waals surface area (Å²) in [4.78, 5) is 0. The van der Waals surface area contributed by atoms with Gasteiger partial charge in [-0.25, -0.2) is 0 Å². The van der Waals surface area contributed by atoms with Gasteiger partial charge >= 0.3 is 0 Å². The van der Waals surface area contributed by atoms with E-state index in [9.17, 15) is 0 Å². The highest BCUT2D eigenvalue weighted by Crippen LogP contribution is 2.39. The van der Waals surface area contributed by atoms with Crippen molar-refractivity contribution in [1.82, 2.24) is 5.32 Å². The summed E-state index contributed by atoms with van der Waals surface area (Å²) in [5.74, 6) is 3.59. The Kier molecular flexibility index (Phi) is 5.79. The molecule has 4 nitrogen and oxygen atoms in total. The first-order valence-corrected chi connectivity index (χ1v) is 5.84. The van der Waals surface area contributed by atoms with E-state index in [0.29, 0.717) is 29.6 Å². The molecule has 0 saturated carbocycles. The van der Waals surface area contributed by atoms with Crippen LogP contribution in [0.3, 0.4) is 0 Å². The lowest BCUT2D eigenvalue weighted by Gasteiger charge is -2.19. The van der Waals surface area contributed by atoms with Gasteiger partial charge in [0.1, 0.15) is 0 Å². The van der Waals surface area contributed by atoms with Crippen LogP contribution in [0.15, 0.2) is 12.1 Å². The normalized spacial score (nSPS) is 11.7. The predicted octanol–water partition coefficient (Wildman–Crippen LogP) is 1.58. The van der Waals surface area contributed by atoms with Crippen LogP contribution >= 0.6 is 11.6 Å². The molecule has 0 heterocycles. The van der Waals surface area contributed by atoms with Crippen LogP contribution in [0, 0.1) is 12.3 Å². The first-order chi connectivity index (χ1) is 8.69. The molecule has 0 spiro atoms. The SMILES string of the molecule is C#CCNC(CN)c1ccc(OC)c(OC)c1Cl. The van der Waals surface area contributed by atoms with Crippen molar-refractivity contribution < 1.29 is 9.47 Å². The van der Waals surface area contributed by atoms with Gasteiger partial charge in [0, 0.05) is 12.6 Å².